The van der Waals surface area contributed by atoms with Crippen molar-refractivity contribution in [3.8, 4) is 0 Å². The van der Waals surface area contributed by atoms with Crippen LogP contribution in [0.4, 0.5) is 0 Å². The predicted octanol–water partition coefficient (Wildman–Crippen LogP) is 2.17. The molecule has 0 amide bonds. The largest absolute Gasteiger partial charge is 0.385 e. The van der Waals surface area contributed by atoms with Crippen molar-refractivity contribution in [2.24, 2.45) is 0 Å². The lowest BCUT2D eigenvalue weighted by molar-refractivity contribution is -0.118. The van der Waals surface area contributed by atoms with Crippen LogP contribution in [0.3, 0.4) is 0 Å². The normalized spacial score (nSPS) is 10.0. The van der Waals surface area contributed by atoms with Crippen LogP contribution in [0.25, 0.3) is 0 Å². The Morgan fingerprint density at radius 2 is 2.00 bits per heavy atom. The highest BCUT2D eigenvalue weighted by Crippen LogP contribution is 2.01. The van der Waals surface area contributed by atoms with Crippen molar-refractivity contribution < 1.29 is 9.53 Å². The van der Waals surface area contributed by atoms with Gasteiger partial charge in [0.25, 0.3) is 0 Å². The van der Waals surface area contributed by atoms with Gasteiger partial charge >= 0.3 is 0 Å². The summed E-state index contributed by atoms with van der Waals surface area (Å²) in [6, 6.07) is 0. The van der Waals surface area contributed by atoms with Crippen LogP contribution in [0.5, 0.6) is 0 Å². The van der Waals surface area contributed by atoms with E-state index in [1.807, 2.05) is 6.92 Å². The van der Waals surface area contributed by atoms with Crippen molar-refractivity contribution in [2.75, 3.05) is 13.7 Å². The molecule has 0 aromatic carbocycles. The van der Waals surface area contributed by atoms with Gasteiger partial charge in [0, 0.05) is 26.6 Å². The maximum atomic E-state index is 10.8. The molecule has 0 aromatic rings. The zero-order valence-electron chi connectivity index (χ0n) is 7.56. The minimum Gasteiger partial charge on any atom is -0.385 e. The number of ketones is 1. The predicted molar refractivity (Wildman–Crippen MR) is 45.6 cm³/mol. The van der Waals surface area contributed by atoms with E-state index in [0.29, 0.717) is 12.2 Å². The number of rotatable bonds is 7. The summed E-state index contributed by atoms with van der Waals surface area (Å²) in [4.78, 5) is 10.8. The van der Waals surface area contributed by atoms with Gasteiger partial charge in [0.1, 0.15) is 5.78 Å². The number of unbranched alkanes of at least 4 members (excludes halogenated alkanes) is 2. The number of hydrogen-bond acceptors (Lipinski definition) is 2. The van der Waals surface area contributed by atoms with Crippen LogP contribution in [-0.4, -0.2) is 19.5 Å². The first-order valence-corrected chi connectivity index (χ1v) is 4.32. The Hall–Kier alpha value is -0.370. The van der Waals surface area contributed by atoms with Gasteiger partial charge in [-0.1, -0.05) is 13.3 Å². The highest BCUT2D eigenvalue weighted by Gasteiger charge is 1.96. The molecule has 0 aliphatic carbocycles. The summed E-state index contributed by atoms with van der Waals surface area (Å²) in [6.45, 7) is 2.73. The van der Waals surface area contributed by atoms with Crippen LogP contribution < -0.4 is 0 Å². The standard InChI is InChI=1S/C9H18O2/c1-3-9(10)7-5-4-6-8-11-2/h3-8H2,1-2H3. The minimum atomic E-state index is 0.377. The van der Waals surface area contributed by atoms with Crippen LogP contribution in [0.1, 0.15) is 39.0 Å². The smallest absolute Gasteiger partial charge is 0.132 e. The van der Waals surface area contributed by atoms with E-state index < -0.39 is 0 Å². The molecule has 0 rings (SSSR count). The van der Waals surface area contributed by atoms with Crippen LogP contribution in [0.15, 0.2) is 0 Å². The van der Waals surface area contributed by atoms with E-state index in [0.717, 1.165) is 32.3 Å². The molecule has 11 heavy (non-hydrogen) atoms. The fourth-order valence-electron chi connectivity index (χ4n) is 0.922. The van der Waals surface area contributed by atoms with E-state index in [-0.39, 0.29) is 0 Å². The van der Waals surface area contributed by atoms with Crippen molar-refractivity contribution in [1.29, 1.82) is 0 Å². The van der Waals surface area contributed by atoms with Crippen molar-refractivity contribution in [3.05, 3.63) is 0 Å². The van der Waals surface area contributed by atoms with Gasteiger partial charge in [0.05, 0.1) is 0 Å². The molecule has 0 spiro atoms. The highest BCUT2D eigenvalue weighted by atomic mass is 16.5. The van der Waals surface area contributed by atoms with Crippen LogP contribution >= 0.6 is 0 Å². The van der Waals surface area contributed by atoms with Crippen molar-refractivity contribution in [3.63, 3.8) is 0 Å². The Morgan fingerprint density at radius 3 is 2.55 bits per heavy atom. The van der Waals surface area contributed by atoms with Gasteiger partial charge in [-0.2, -0.15) is 0 Å². The number of carbonyl (C=O) groups is 1. The number of hydrogen-bond donors (Lipinski definition) is 0. The summed E-state index contributed by atoms with van der Waals surface area (Å²) in [6.07, 6.45) is 4.65. The number of ether oxygens (including phenoxy) is 1. The van der Waals surface area contributed by atoms with E-state index in [1.54, 1.807) is 7.11 Å². The lowest BCUT2D eigenvalue weighted by Crippen LogP contribution is -1.95. The van der Waals surface area contributed by atoms with E-state index in [1.165, 1.54) is 0 Å². The van der Waals surface area contributed by atoms with E-state index >= 15 is 0 Å². The molecule has 0 unspecified atom stereocenters. The van der Waals surface area contributed by atoms with Gasteiger partial charge in [-0.25, -0.2) is 0 Å². The molecule has 0 N–H and O–H groups in total. The second-order valence-electron chi connectivity index (χ2n) is 2.70. The average Bonchev–Trinajstić information content (AvgIpc) is 2.04. The molecule has 0 saturated heterocycles. The second-order valence-corrected chi connectivity index (χ2v) is 2.70. The molecule has 0 bridgehead atoms. The fraction of sp³-hybridized carbons (Fsp3) is 0.889. The van der Waals surface area contributed by atoms with E-state index in [2.05, 4.69) is 0 Å². The molecule has 0 fully saturated rings. The first-order valence-electron chi connectivity index (χ1n) is 4.32. The van der Waals surface area contributed by atoms with Crippen molar-refractivity contribution >= 4 is 5.78 Å². The fourth-order valence-corrected chi connectivity index (χ4v) is 0.922. The third kappa shape index (κ3) is 7.53. The summed E-state index contributed by atoms with van der Waals surface area (Å²) >= 11 is 0. The summed E-state index contributed by atoms with van der Waals surface area (Å²) in [5.41, 5.74) is 0. The Bertz CT molecular complexity index is 99.7. The minimum absolute atomic E-state index is 0.377. The van der Waals surface area contributed by atoms with Gasteiger partial charge in [0.15, 0.2) is 0 Å². The molecule has 0 saturated carbocycles. The summed E-state index contributed by atoms with van der Waals surface area (Å²) in [5, 5.41) is 0. The molecule has 66 valence electrons. The first kappa shape index (κ1) is 10.6. The van der Waals surface area contributed by atoms with E-state index in [9.17, 15) is 4.79 Å². The Labute approximate surface area is 68.9 Å². The van der Waals surface area contributed by atoms with Crippen LogP contribution in [0.2, 0.25) is 0 Å². The summed E-state index contributed by atoms with van der Waals surface area (Å²) in [5.74, 6) is 0.377. The Balaban J connectivity index is 2.95. The lowest BCUT2D eigenvalue weighted by Gasteiger charge is -1.98. The third-order valence-electron chi connectivity index (χ3n) is 1.70. The molecule has 2 heteroatoms. The summed E-state index contributed by atoms with van der Waals surface area (Å²) < 4.78 is 4.89. The quantitative estimate of drug-likeness (QED) is 0.531. The SMILES string of the molecule is CCC(=O)CCCCCOC. The van der Waals surface area contributed by atoms with Crippen molar-refractivity contribution in [1.82, 2.24) is 0 Å². The number of Topliss-reactive ketones (excluding diaryl/α,β-unsaturated/α-hetero) is 1. The van der Waals surface area contributed by atoms with Gasteiger partial charge in [0.2, 0.25) is 0 Å². The average molecular weight is 158 g/mol. The molecule has 0 aliphatic rings. The van der Waals surface area contributed by atoms with Gasteiger partial charge < -0.3 is 4.74 Å². The van der Waals surface area contributed by atoms with Crippen LogP contribution in [0, 0.1) is 0 Å². The lowest BCUT2D eigenvalue weighted by atomic mass is 10.1. The number of methoxy groups -OCH3 is 1. The molecule has 0 heterocycles. The van der Waals surface area contributed by atoms with Gasteiger partial charge in [-0.3, -0.25) is 4.79 Å². The molecule has 2 nitrogen and oxygen atoms in total. The molecular formula is C9H18O2. The topological polar surface area (TPSA) is 26.3 Å². The zero-order chi connectivity index (χ0) is 8.53. The highest BCUT2D eigenvalue weighted by molar-refractivity contribution is 5.77. The third-order valence-corrected chi connectivity index (χ3v) is 1.70. The molecule has 0 aromatic heterocycles. The molecular weight excluding hydrogens is 140 g/mol. The molecule has 0 radical (unpaired) electrons. The number of carbonyl (C=O) groups excluding carboxylic acids is 1. The molecule has 0 aliphatic heterocycles. The Morgan fingerprint density at radius 1 is 1.27 bits per heavy atom. The first-order chi connectivity index (χ1) is 5.31. The van der Waals surface area contributed by atoms with Crippen molar-refractivity contribution in [2.45, 2.75) is 39.0 Å². The molecule has 0 atom stereocenters. The maximum Gasteiger partial charge on any atom is 0.132 e. The zero-order valence-corrected chi connectivity index (χ0v) is 7.56. The maximum absolute atomic E-state index is 10.8. The summed E-state index contributed by atoms with van der Waals surface area (Å²) in [7, 11) is 1.71. The van der Waals surface area contributed by atoms with Gasteiger partial charge in [-0.05, 0) is 12.8 Å². The van der Waals surface area contributed by atoms with Crippen LogP contribution in [-0.2, 0) is 9.53 Å². The van der Waals surface area contributed by atoms with E-state index in [4.69, 9.17) is 4.74 Å². The Kier molecular flexibility index (Phi) is 7.47. The monoisotopic (exact) mass is 158 g/mol. The van der Waals surface area contributed by atoms with Gasteiger partial charge in [-0.15, -0.1) is 0 Å². The second kappa shape index (κ2) is 7.73.